The monoisotopic (exact) mass is 438 g/mol. The molecule has 7 nitrogen and oxygen atoms in total. The van der Waals surface area contributed by atoms with Crippen LogP contribution in [-0.2, 0) is 11.3 Å². The van der Waals surface area contributed by atoms with E-state index in [0.29, 0.717) is 19.0 Å². The Labute approximate surface area is 182 Å². The molecule has 3 rings (SSSR count). The first-order valence-electron chi connectivity index (χ1n) is 10.9. The molecule has 1 aromatic carbocycles. The molecule has 31 heavy (non-hydrogen) atoms. The topological polar surface area (TPSA) is 75.2 Å². The lowest BCUT2D eigenvalue weighted by Crippen LogP contribution is -2.45. The molecule has 1 unspecified atom stereocenters. The van der Waals surface area contributed by atoms with Gasteiger partial charge in [0.05, 0.1) is 7.11 Å². The number of amides is 1. The summed E-state index contributed by atoms with van der Waals surface area (Å²) in [4.78, 5) is 19.0. The van der Waals surface area contributed by atoms with Gasteiger partial charge < -0.3 is 25.0 Å². The number of carbonyl (C=O) groups excluding carboxylic acids is 1. The molecule has 2 aliphatic rings. The lowest BCUT2D eigenvalue weighted by molar-refractivity contribution is -0.135. The highest BCUT2D eigenvalue weighted by atomic mass is 19.3. The van der Waals surface area contributed by atoms with Crippen molar-refractivity contribution in [2.45, 2.75) is 57.7 Å². The average molecular weight is 439 g/mol. The molecule has 1 atom stereocenters. The number of rotatable bonds is 7. The average Bonchev–Trinajstić information content (AvgIpc) is 3.25. The molecule has 0 spiro atoms. The number of methoxy groups -OCH3 is 1. The van der Waals surface area contributed by atoms with Crippen LogP contribution < -0.4 is 20.1 Å². The van der Waals surface area contributed by atoms with Crippen LogP contribution >= 0.6 is 0 Å². The van der Waals surface area contributed by atoms with Gasteiger partial charge in [0, 0.05) is 38.6 Å². The summed E-state index contributed by atoms with van der Waals surface area (Å²) in [6.45, 7) is -1.11. The Bertz CT molecular complexity index is 769. The summed E-state index contributed by atoms with van der Waals surface area (Å²) in [6.07, 6.45) is 6.43. The zero-order valence-electron chi connectivity index (χ0n) is 18.2. The Balaban J connectivity index is 1.50. The number of carbonyl (C=O) groups is 1. The highest BCUT2D eigenvalue weighted by Crippen LogP contribution is 2.29. The second kappa shape index (κ2) is 11.2. The smallest absolute Gasteiger partial charge is 0.387 e. The third kappa shape index (κ3) is 6.45. The minimum absolute atomic E-state index is 0.00703. The van der Waals surface area contributed by atoms with Crippen LogP contribution in [0.2, 0.25) is 0 Å². The molecular formula is C22H32F2N4O3. The fraction of sp³-hybridized carbons (Fsp3) is 0.636. The van der Waals surface area contributed by atoms with Gasteiger partial charge in [0.2, 0.25) is 5.91 Å². The Morgan fingerprint density at radius 2 is 2.00 bits per heavy atom. The number of alkyl halides is 2. The van der Waals surface area contributed by atoms with Crippen molar-refractivity contribution in [3.8, 4) is 11.5 Å². The number of hydrogen-bond donors (Lipinski definition) is 2. The van der Waals surface area contributed by atoms with Crippen molar-refractivity contribution in [1.29, 1.82) is 0 Å². The first-order valence-corrected chi connectivity index (χ1v) is 10.9. The van der Waals surface area contributed by atoms with Gasteiger partial charge in [0.25, 0.3) is 0 Å². The van der Waals surface area contributed by atoms with Gasteiger partial charge in [-0.1, -0.05) is 25.3 Å². The molecule has 1 saturated carbocycles. The number of aliphatic imine (C=N–C) groups is 1. The van der Waals surface area contributed by atoms with E-state index in [-0.39, 0.29) is 29.4 Å². The number of nitrogens with zero attached hydrogens (tertiary/aromatic N) is 2. The Hall–Kier alpha value is -2.58. The molecule has 1 aliphatic carbocycles. The van der Waals surface area contributed by atoms with Crippen molar-refractivity contribution < 1.29 is 23.0 Å². The molecule has 1 amide bonds. The van der Waals surface area contributed by atoms with Crippen LogP contribution in [0.25, 0.3) is 0 Å². The molecule has 2 N–H and O–H groups in total. The Morgan fingerprint density at radius 3 is 2.68 bits per heavy atom. The number of halogens is 2. The van der Waals surface area contributed by atoms with Crippen molar-refractivity contribution in [1.82, 2.24) is 15.5 Å². The number of benzene rings is 1. The molecule has 1 aliphatic heterocycles. The summed E-state index contributed by atoms with van der Waals surface area (Å²) >= 11 is 0. The molecule has 0 aromatic heterocycles. The maximum atomic E-state index is 12.7. The minimum atomic E-state index is -2.92. The molecule has 0 bridgehead atoms. The fourth-order valence-corrected chi connectivity index (χ4v) is 4.28. The number of likely N-dealkylation sites (tertiary alicyclic amines) is 1. The predicted octanol–water partition coefficient (Wildman–Crippen LogP) is 3.14. The van der Waals surface area contributed by atoms with Crippen LogP contribution in [0.3, 0.4) is 0 Å². The number of nitrogens with one attached hydrogen (secondary N) is 2. The van der Waals surface area contributed by atoms with Crippen LogP contribution in [0.1, 0.15) is 44.1 Å². The van der Waals surface area contributed by atoms with E-state index in [1.807, 2.05) is 4.90 Å². The second-order valence-electron chi connectivity index (χ2n) is 8.04. The summed E-state index contributed by atoms with van der Waals surface area (Å²) < 4.78 is 34.8. The van der Waals surface area contributed by atoms with E-state index in [0.717, 1.165) is 44.2 Å². The van der Waals surface area contributed by atoms with Gasteiger partial charge in [-0.15, -0.1) is 0 Å². The highest BCUT2D eigenvalue weighted by Gasteiger charge is 2.31. The Morgan fingerprint density at radius 1 is 1.23 bits per heavy atom. The lowest BCUT2D eigenvalue weighted by Gasteiger charge is -2.26. The number of ether oxygens (including phenoxy) is 2. The molecule has 172 valence electrons. The van der Waals surface area contributed by atoms with Crippen molar-refractivity contribution in [2.75, 3.05) is 27.2 Å². The van der Waals surface area contributed by atoms with E-state index in [9.17, 15) is 13.6 Å². The molecule has 1 aromatic rings. The van der Waals surface area contributed by atoms with E-state index in [1.54, 1.807) is 19.2 Å². The van der Waals surface area contributed by atoms with Gasteiger partial charge in [-0.2, -0.15) is 8.78 Å². The van der Waals surface area contributed by atoms with Crippen molar-refractivity contribution in [3.05, 3.63) is 23.8 Å². The Kier molecular flexibility index (Phi) is 8.31. The van der Waals surface area contributed by atoms with E-state index in [1.165, 1.54) is 19.6 Å². The number of hydrogen-bond acceptors (Lipinski definition) is 4. The van der Waals surface area contributed by atoms with E-state index < -0.39 is 6.61 Å². The molecule has 9 heteroatoms. The largest absolute Gasteiger partial charge is 0.493 e. The van der Waals surface area contributed by atoms with Crippen molar-refractivity contribution in [2.24, 2.45) is 10.9 Å². The van der Waals surface area contributed by atoms with E-state index in [2.05, 4.69) is 20.4 Å². The predicted molar refractivity (Wildman–Crippen MR) is 115 cm³/mol. The van der Waals surface area contributed by atoms with Crippen LogP contribution in [-0.4, -0.2) is 56.7 Å². The molecular weight excluding hydrogens is 406 g/mol. The van der Waals surface area contributed by atoms with E-state index >= 15 is 0 Å². The van der Waals surface area contributed by atoms with Gasteiger partial charge >= 0.3 is 6.61 Å². The quantitative estimate of drug-likeness (QED) is 0.505. The fourth-order valence-electron chi connectivity index (χ4n) is 4.28. The summed E-state index contributed by atoms with van der Waals surface area (Å²) in [5, 5.41) is 6.55. The second-order valence-corrected chi connectivity index (χ2v) is 8.04. The third-order valence-corrected chi connectivity index (χ3v) is 5.92. The van der Waals surface area contributed by atoms with Crippen molar-refractivity contribution >= 4 is 11.9 Å². The zero-order valence-corrected chi connectivity index (χ0v) is 18.2. The van der Waals surface area contributed by atoms with Crippen LogP contribution in [0.5, 0.6) is 11.5 Å². The maximum absolute atomic E-state index is 12.7. The molecule has 2 fully saturated rings. The van der Waals surface area contributed by atoms with Crippen LogP contribution in [0.4, 0.5) is 8.78 Å². The summed E-state index contributed by atoms with van der Waals surface area (Å²) in [5.41, 5.74) is 0.750. The maximum Gasteiger partial charge on any atom is 0.387 e. The SMILES string of the molecule is CN=C(NCc1ccc(OC)c(OC(F)F)c1)NC1CCN(C(=O)C2CCCCC2)C1. The molecule has 0 radical (unpaired) electrons. The van der Waals surface area contributed by atoms with Gasteiger partial charge in [-0.05, 0) is 37.0 Å². The third-order valence-electron chi connectivity index (χ3n) is 5.92. The normalized spacial score (nSPS) is 20.1. The first kappa shape index (κ1) is 23.1. The van der Waals surface area contributed by atoms with Crippen LogP contribution in [0.15, 0.2) is 23.2 Å². The molecule has 1 heterocycles. The zero-order chi connectivity index (χ0) is 22.2. The molecule has 1 saturated heterocycles. The lowest BCUT2D eigenvalue weighted by atomic mass is 9.88. The van der Waals surface area contributed by atoms with Gasteiger partial charge in [0.1, 0.15) is 0 Å². The van der Waals surface area contributed by atoms with Crippen molar-refractivity contribution in [3.63, 3.8) is 0 Å². The highest BCUT2D eigenvalue weighted by molar-refractivity contribution is 5.81. The van der Waals surface area contributed by atoms with Gasteiger partial charge in [0.15, 0.2) is 17.5 Å². The summed E-state index contributed by atoms with van der Waals surface area (Å²) in [6, 6.07) is 5.02. The number of guanidine groups is 1. The first-order chi connectivity index (χ1) is 15.0. The summed E-state index contributed by atoms with van der Waals surface area (Å²) in [7, 11) is 3.08. The standard InChI is InChI=1S/C22H32F2N4O3/c1-25-22(26-13-15-8-9-18(30-2)19(12-15)31-21(23)24)27-17-10-11-28(14-17)20(29)16-6-4-3-5-7-16/h8-9,12,16-17,21H,3-7,10-11,13-14H2,1-2H3,(H2,25,26,27). The van der Waals surface area contributed by atoms with E-state index in [4.69, 9.17) is 4.74 Å². The van der Waals surface area contributed by atoms with Crippen LogP contribution in [0, 0.1) is 5.92 Å². The minimum Gasteiger partial charge on any atom is -0.493 e. The summed E-state index contributed by atoms with van der Waals surface area (Å²) in [5.74, 6) is 1.32. The van der Waals surface area contributed by atoms with Gasteiger partial charge in [-0.3, -0.25) is 9.79 Å². The van der Waals surface area contributed by atoms with Gasteiger partial charge in [-0.25, -0.2) is 0 Å².